The van der Waals surface area contributed by atoms with E-state index in [1.807, 2.05) is 0 Å². The van der Waals surface area contributed by atoms with Crippen LogP contribution in [0.25, 0.3) is 22.4 Å². The Morgan fingerprint density at radius 2 is 1.35 bits per heavy atom. The van der Waals surface area contributed by atoms with Gasteiger partial charge >= 0.3 is 18.5 Å². The van der Waals surface area contributed by atoms with E-state index in [1.54, 1.807) is 0 Å². The van der Waals surface area contributed by atoms with Gasteiger partial charge in [0.25, 0.3) is 0 Å². The number of nitrogens with zero attached hydrogens (tertiary/aromatic N) is 2. The van der Waals surface area contributed by atoms with Gasteiger partial charge in [-0.2, -0.15) is 44.6 Å². The Labute approximate surface area is 219 Å². The first-order valence-electron chi connectivity index (χ1n) is 11.1. The van der Waals surface area contributed by atoms with Crippen LogP contribution in [-0.4, -0.2) is 14.9 Å². The van der Waals surface area contributed by atoms with Gasteiger partial charge in [-0.3, -0.25) is 4.68 Å². The molecule has 0 aliphatic heterocycles. The van der Waals surface area contributed by atoms with Gasteiger partial charge in [0, 0.05) is 12.6 Å². The molecule has 1 heterocycles. The van der Waals surface area contributed by atoms with Crippen molar-refractivity contribution >= 4 is 0 Å². The summed E-state index contributed by atoms with van der Waals surface area (Å²) in [5.74, 6) is -1.95. The quantitative estimate of drug-likeness (QED) is 0.243. The van der Waals surface area contributed by atoms with Crippen molar-refractivity contribution in [1.82, 2.24) is 9.78 Å². The monoisotopic (exact) mass is 578 g/mol. The summed E-state index contributed by atoms with van der Waals surface area (Å²) in [6, 6.07) is 8.04. The number of aromatic hydroxyl groups is 1. The molecule has 4 aromatic rings. The van der Waals surface area contributed by atoms with E-state index < -0.39 is 75.1 Å². The second-order valence-electron chi connectivity index (χ2n) is 8.58. The number of benzene rings is 3. The number of aromatic nitrogens is 2. The maximum Gasteiger partial charge on any atom is 0.433 e. The third-order valence-corrected chi connectivity index (χ3v) is 5.77. The average Bonchev–Trinajstić information content (AvgIpc) is 3.24. The second-order valence-corrected chi connectivity index (χ2v) is 8.58. The molecule has 0 unspecified atom stereocenters. The van der Waals surface area contributed by atoms with Gasteiger partial charge in [-0.1, -0.05) is 12.1 Å². The predicted octanol–water partition coefficient (Wildman–Crippen LogP) is 8.23. The number of phenolic OH excluding ortho intramolecular Hbond substituents is 1. The lowest BCUT2D eigenvalue weighted by Crippen LogP contribution is -2.11. The normalized spacial score (nSPS) is 12.6. The highest BCUT2D eigenvalue weighted by atomic mass is 19.4. The van der Waals surface area contributed by atoms with Crippen LogP contribution in [0.5, 0.6) is 11.5 Å². The maximum atomic E-state index is 13.5. The van der Waals surface area contributed by atoms with Crippen molar-refractivity contribution in [2.24, 2.45) is 7.05 Å². The van der Waals surface area contributed by atoms with Crippen molar-refractivity contribution < 1.29 is 53.7 Å². The highest BCUT2D eigenvalue weighted by Crippen LogP contribution is 2.47. The zero-order valence-electron chi connectivity index (χ0n) is 20.0. The second kappa shape index (κ2) is 10.1. The molecule has 40 heavy (non-hydrogen) atoms. The topological polar surface area (TPSA) is 47.3 Å². The number of phenols is 1. The molecule has 0 aliphatic rings. The van der Waals surface area contributed by atoms with Gasteiger partial charge in [0.1, 0.15) is 29.6 Å². The van der Waals surface area contributed by atoms with E-state index in [0.29, 0.717) is 28.4 Å². The lowest BCUT2D eigenvalue weighted by molar-refractivity contribution is -0.144. The van der Waals surface area contributed by atoms with Gasteiger partial charge in [-0.15, -0.1) is 0 Å². The first kappa shape index (κ1) is 28.8. The Morgan fingerprint density at radius 3 is 1.85 bits per heavy atom. The fourth-order valence-electron chi connectivity index (χ4n) is 3.88. The molecule has 4 nitrogen and oxygen atoms in total. The SMILES string of the molecule is Cn1nc(-c2ccc(OCc3ccc(F)cc3)c(-c3cc(C(F)(F)F)cc(C(F)(F)F)c3)c2O)cc1C(F)(F)F. The van der Waals surface area contributed by atoms with Gasteiger partial charge in [0.05, 0.1) is 22.4 Å². The minimum atomic E-state index is -5.22. The summed E-state index contributed by atoms with van der Waals surface area (Å²) in [5, 5.41) is 14.8. The molecule has 3 aromatic carbocycles. The molecular weight excluding hydrogens is 562 g/mol. The van der Waals surface area contributed by atoms with Gasteiger partial charge in [0.15, 0.2) is 0 Å². The minimum absolute atomic E-state index is 0.113. The first-order valence-corrected chi connectivity index (χ1v) is 11.1. The Balaban J connectivity index is 1.94. The predicted molar refractivity (Wildman–Crippen MR) is 121 cm³/mol. The Hall–Kier alpha value is -4.23. The lowest BCUT2D eigenvalue weighted by atomic mass is 9.95. The number of aryl methyl sites for hydroxylation is 1. The van der Waals surface area contributed by atoms with E-state index in [1.165, 1.54) is 12.1 Å². The van der Waals surface area contributed by atoms with Crippen LogP contribution in [0.15, 0.2) is 60.7 Å². The molecule has 0 saturated heterocycles. The fraction of sp³-hybridized carbons (Fsp3) is 0.192. The standard InChI is InChI=1S/C26H16F10N2O2/c1-38-21(26(34,35)36)11-19(37-38)18-6-7-20(40-12-13-2-4-17(27)5-3-13)22(23(18)39)14-8-15(24(28,29)30)10-16(9-14)25(31,32)33/h2-11,39H,12H2,1H3. The molecule has 0 atom stereocenters. The molecule has 0 bridgehead atoms. The summed E-state index contributed by atoms with van der Waals surface area (Å²) in [6.07, 6.45) is -15.3. The van der Waals surface area contributed by atoms with Crippen molar-refractivity contribution in [3.05, 3.63) is 88.9 Å². The van der Waals surface area contributed by atoms with Gasteiger partial charge in [-0.05, 0) is 59.7 Å². The van der Waals surface area contributed by atoms with Crippen molar-refractivity contribution in [2.75, 3.05) is 0 Å². The molecule has 1 aromatic heterocycles. The maximum absolute atomic E-state index is 13.5. The molecule has 0 spiro atoms. The highest BCUT2D eigenvalue weighted by Gasteiger charge is 2.38. The van der Waals surface area contributed by atoms with Crippen LogP contribution in [0.1, 0.15) is 22.4 Å². The molecule has 0 amide bonds. The zero-order chi connectivity index (χ0) is 29.6. The smallest absolute Gasteiger partial charge is 0.433 e. The van der Waals surface area contributed by atoms with Crippen LogP contribution < -0.4 is 4.74 Å². The number of ether oxygens (including phenoxy) is 1. The summed E-state index contributed by atoms with van der Waals surface area (Å²) >= 11 is 0. The molecule has 0 saturated carbocycles. The molecule has 212 valence electrons. The average molecular weight is 578 g/mol. The summed E-state index contributed by atoms with van der Waals surface area (Å²) in [7, 11) is 0.965. The number of halogens is 10. The third-order valence-electron chi connectivity index (χ3n) is 5.77. The fourth-order valence-corrected chi connectivity index (χ4v) is 3.88. The molecule has 14 heteroatoms. The first-order chi connectivity index (χ1) is 18.4. The largest absolute Gasteiger partial charge is 0.506 e. The summed E-state index contributed by atoms with van der Waals surface area (Å²) < 4.78 is 140. The number of alkyl halides is 9. The van der Waals surface area contributed by atoms with E-state index >= 15 is 0 Å². The van der Waals surface area contributed by atoms with Crippen LogP contribution in [-0.2, 0) is 32.2 Å². The van der Waals surface area contributed by atoms with E-state index in [2.05, 4.69) is 5.10 Å². The summed E-state index contributed by atoms with van der Waals surface area (Å²) in [6.45, 7) is -0.348. The highest BCUT2D eigenvalue weighted by molar-refractivity contribution is 5.85. The van der Waals surface area contributed by atoms with Gasteiger partial charge in [-0.25, -0.2) is 4.39 Å². The molecule has 1 N–H and O–H groups in total. The van der Waals surface area contributed by atoms with Crippen LogP contribution in [0.2, 0.25) is 0 Å². The molecular formula is C26H16F10N2O2. The van der Waals surface area contributed by atoms with Crippen LogP contribution >= 0.6 is 0 Å². The minimum Gasteiger partial charge on any atom is -0.506 e. The molecule has 0 radical (unpaired) electrons. The Bertz CT molecular complexity index is 1500. The van der Waals surface area contributed by atoms with Crippen molar-refractivity contribution in [1.29, 1.82) is 0 Å². The van der Waals surface area contributed by atoms with Crippen molar-refractivity contribution in [2.45, 2.75) is 25.1 Å². The van der Waals surface area contributed by atoms with Gasteiger partial charge < -0.3 is 9.84 Å². The number of rotatable bonds is 5. The number of hydrogen-bond acceptors (Lipinski definition) is 3. The summed E-state index contributed by atoms with van der Waals surface area (Å²) in [5.41, 5.74) is -6.55. The Kier molecular flexibility index (Phi) is 7.24. The van der Waals surface area contributed by atoms with Gasteiger partial charge in [0.2, 0.25) is 0 Å². The molecule has 0 aliphatic carbocycles. The van der Waals surface area contributed by atoms with Crippen molar-refractivity contribution in [3.8, 4) is 33.9 Å². The van der Waals surface area contributed by atoms with E-state index in [0.717, 1.165) is 31.3 Å². The zero-order valence-corrected chi connectivity index (χ0v) is 20.0. The number of hydrogen-bond donors (Lipinski definition) is 1. The van der Waals surface area contributed by atoms with E-state index in [4.69, 9.17) is 4.74 Å². The molecule has 4 rings (SSSR count). The van der Waals surface area contributed by atoms with Crippen LogP contribution in [0.3, 0.4) is 0 Å². The molecule has 0 fully saturated rings. The van der Waals surface area contributed by atoms with Crippen LogP contribution in [0.4, 0.5) is 43.9 Å². The summed E-state index contributed by atoms with van der Waals surface area (Å²) in [4.78, 5) is 0. The Morgan fingerprint density at radius 1 is 0.775 bits per heavy atom. The van der Waals surface area contributed by atoms with Crippen LogP contribution in [0, 0.1) is 5.82 Å². The van der Waals surface area contributed by atoms with Crippen molar-refractivity contribution in [3.63, 3.8) is 0 Å². The lowest BCUT2D eigenvalue weighted by Gasteiger charge is -2.19. The van der Waals surface area contributed by atoms with E-state index in [9.17, 15) is 49.0 Å². The third kappa shape index (κ3) is 6.00. The van der Waals surface area contributed by atoms with E-state index in [-0.39, 0.29) is 12.7 Å².